The summed E-state index contributed by atoms with van der Waals surface area (Å²) in [6.07, 6.45) is 1.85. The van der Waals surface area contributed by atoms with Crippen LogP contribution in [0.15, 0.2) is 42.5 Å². The van der Waals surface area contributed by atoms with Crippen molar-refractivity contribution in [1.29, 1.82) is 0 Å². The van der Waals surface area contributed by atoms with Crippen LogP contribution in [-0.2, 0) is 0 Å². The van der Waals surface area contributed by atoms with E-state index in [9.17, 15) is 9.90 Å². The van der Waals surface area contributed by atoms with Gasteiger partial charge >= 0.3 is 0 Å². The summed E-state index contributed by atoms with van der Waals surface area (Å²) in [7, 11) is 0. The summed E-state index contributed by atoms with van der Waals surface area (Å²) in [6.45, 7) is 5.26. The number of aliphatic hydroxyl groups is 1. The van der Waals surface area contributed by atoms with Crippen molar-refractivity contribution in [2.45, 2.75) is 25.9 Å². The van der Waals surface area contributed by atoms with Gasteiger partial charge in [-0.1, -0.05) is 43.3 Å². The SMILES string of the molecule is CC1CCN(CC(O)CNC(=O)c2cccc3ccccc23)CC1. The monoisotopic (exact) mass is 326 g/mol. The molecule has 0 saturated carbocycles. The topological polar surface area (TPSA) is 52.6 Å². The zero-order valence-corrected chi connectivity index (χ0v) is 14.2. The molecular weight excluding hydrogens is 300 g/mol. The van der Waals surface area contributed by atoms with Gasteiger partial charge in [0.1, 0.15) is 0 Å². The molecular formula is C20H26N2O2. The Morgan fingerprint density at radius 3 is 2.71 bits per heavy atom. The van der Waals surface area contributed by atoms with Crippen molar-refractivity contribution in [2.24, 2.45) is 5.92 Å². The van der Waals surface area contributed by atoms with Crippen LogP contribution in [0.4, 0.5) is 0 Å². The first-order valence-corrected chi connectivity index (χ1v) is 8.80. The first kappa shape index (κ1) is 16.9. The van der Waals surface area contributed by atoms with E-state index >= 15 is 0 Å². The lowest BCUT2D eigenvalue weighted by Gasteiger charge is -2.31. The second-order valence-electron chi connectivity index (χ2n) is 6.87. The van der Waals surface area contributed by atoms with E-state index in [1.165, 1.54) is 12.8 Å². The number of nitrogens with one attached hydrogen (secondary N) is 1. The Bertz CT molecular complexity index is 688. The third-order valence-corrected chi connectivity index (χ3v) is 4.88. The van der Waals surface area contributed by atoms with Gasteiger partial charge in [0.05, 0.1) is 6.10 Å². The van der Waals surface area contributed by atoms with Crippen molar-refractivity contribution >= 4 is 16.7 Å². The van der Waals surface area contributed by atoms with E-state index in [0.29, 0.717) is 12.1 Å². The summed E-state index contributed by atoms with van der Waals surface area (Å²) >= 11 is 0. The number of likely N-dealkylation sites (tertiary alicyclic amines) is 1. The first-order chi connectivity index (χ1) is 11.6. The quantitative estimate of drug-likeness (QED) is 0.888. The number of fused-ring (bicyclic) bond motifs is 1. The summed E-state index contributed by atoms with van der Waals surface area (Å²) in [6, 6.07) is 13.6. The van der Waals surface area contributed by atoms with Gasteiger partial charge in [0.25, 0.3) is 5.91 Å². The zero-order chi connectivity index (χ0) is 16.9. The van der Waals surface area contributed by atoms with Crippen LogP contribution in [0, 0.1) is 5.92 Å². The lowest BCUT2D eigenvalue weighted by atomic mass is 9.99. The van der Waals surface area contributed by atoms with E-state index in [1.54, 1.807) is 0 Å². The van der Waals surface area contributed by atoms with Gasteiger partial charge in [-0.25, -0.2) is 0 Å². The van der Waals surface area contributed by atoms with Crippen LogP contribution in [0.3, 0.4) is 0 Å². The van der Waals surface area contributed by atoms with Gasteiger partial charge in [0.15, 0.2) is 0 Å². The number of rotatable bonds is 5. The van der Waals surface area contributed by atoms with E-state index in [0.717, 1.165) is 29.8 Å². The number of benzene rings is 2. The number of hydrogen-bond acceptors (Lipinski definition) is 3. The summed E-state index contributed by atoms with van der Waals surface area (Å²) in [4.78, 5) is 14.7. The lowest BCUT2D eigenvalue weighted by molar-refractivity contribution is 0.0796. The van der Waals surface area contributed by atoms with Crippen molar-refractivity contribution in [2.75, 3.05) is 26.2 Å². The molecule has 1 aliphatic heterocycles. The van der Waals surface area contributed by atoms with Crippen molar-refractivity contribution < 1.29 is 9.90 Å². The molecule has 4 nitrogen and oxygen atoms in total. The number of carbonyl (C=O) groups is 1. The highest BCUT2D eigenvalue weighted by molar-refractivity contribution is 6.06. The molecule has 2 aromatic rings. The van der Waals surface area contributed by atoms with Crippen LogP contribution < -0.4 is 5.32 Å². The maximum atomic E-state index is 12.5. The van der Waals surface area contributed by atoms with Crippen LogP contribution in [-0.4, -0.2) is 48.2 Å². The fourth-order valence-corrected chi connectivity index (χ4v) is 3.34. The highest BCUT2D eigenvalue weighted by Gasteiger charge is 2.19. The Kier molecular flexibility index (Phi) is 5.48. The van der Waals surface area contributed by atoms with Gasteiger partial charge in [0, 0.05) is 18.7 Å². The fourth-order valence-electron chi connectivity index (χ4n) is 3.34. The molecule has 1 fully saturated rings. The molecule has 2 aromatic carbocycles. The molecule has 3 rings (SSSR count). The summed E-state index contributed by atoms with van der Waals surface area (Å²) in [5.74, 6) is 0.655. The molecule has 0 spiro atoms. The maximum absolute atomic E-state index is 12.5. The van der Waals surface area contributed by atoms with E-state index in [2.05, 4.69) is 17.1 Å². The van der Waals surface area contributed by atoms with Crippen molar-refractivity contribution in [3.8, 4) is 0 Å². The average Bonchev–Trinajstić information content (AvgIpc) is 2.61. The molecule has 1 heterocycles. The predicted octanol–water partition coefficient (Wildman–Crippen LogP) is 2.66. The zero-order valence-electron chi connectivity index (χ0n) is 14.2. The average molecular weight is 326 g/mol. The molecule has 0 aromatic heterocycles. The van der Waals surface area contributed by atoms with Gasteiger partial charge in [-0.2, -0.15) is 0 Å². The third kappa shape index (κ3) is 4.13. The first-order valence-electron chi connectivity index (χ1n) is 8.80. The van der Waals surface area contributed by atoms with Gasteiger partial charge in [-0.05, 0) is 48.7 Å². The fraction of sp³-hybridized carbons (Fsp3) is 0.450. The van der Waals surface area contributed by atoms with Gasteiger partial charge < -0.3 is 15.3 Å². The molecule has 128 valence electrons. The highest BCUT2D eigenvalue weighted by Crippen LogP contribution is 2.18. The van der Waals surface area contributed by atoms with Gasteiger partial charge in [-0.15, -0.1) is 0 Å². The molecule has 1 unspecified atom stereocenters. The minimum absolute atomic E-state index is 0.127. The molecule has 0 aliphatic carbocycles. The summed E-state index contributed by atoms with van der Waals surface area (Å²) in [5.41, 5.74) is 0.659. The van der Waals surface area contributed by atoms with Crippen LogP contribution >= 0.6 is 0 Å². The molecule has 0 bridgehead atoms. The molecule has 1 amide bonds. The molecule has 2 N–H and O–H groups in total. The van der Waals surface area contributed by atoms with Gasteiger partial charge in [-0.3, -0.25) is 4.79 Å². The van der Waals surface area contributed by atoms with Crippen molar-refractivity contribution in [3.05, 3.63) is 48.0 Å². The van der Waals surface area contributed by atoms with Crippen molar-refractivity contribution in [3.63, 3.8) is 0 Å². The number of carbonyl (C=O) groups excluding carboxylic acids is 1. The Labute approximate surface area is 143 Å². The van der Waals surface area contributed by atoms with Crippen LogP contribution in [0.2, 0.25) is 0 Å². The largest absolute Gasteiger partial charge is 0.390 e. The third-order valence-electron chi connectivity index (χ3n) is 4.88. The van der Waals surface area contributed by atoms with Crippen LogP contribution in [0.1, 0.15) is 30.1 Å². The second kappa shape index (κ2) is 7.77. The van der Waals surface area contributed by atoms with Gasteiger partial charge in [0.2, 0.25) is 0 Å². The Balaban J connectivity index is 1.55. The lowest BCUT2D eigenvalue weighted by Crippen LogP contribution is -2.43. The molecule has 4 heteroatoms. The number of amides is 1. The molecule has 1 saturated heterocycles. The molecule has 1 atom stereocenters. The van der Waals surface area contributed by atoms with E-state index in [-0.39, 0.29) is 12.5 Å². The van der Waals surface area contributed by atoms with E-state index < -0.39 is 6.10 Å². The van der Waals surface area contributed by atoms with E-state index in [1.807, 2.05) is 42.5 Å². The number of hydrogen-bond donors (Lipinski definition) is 2. The second-order valence-corrected chi connectivity index (χ2v) is 6.87. The minimum atomic E-state index is -0.530. The van der Waals surface area contributed by atoms with Crippen LogP contribution in [0.25, 0.3) is 10.8 Å². The Hall–Kier alpha value is -1.91. The number of nitrogens with zero attached hydrogens (tertiary/aromatic N) is 1. The normalized spacial score (nSPS) is 17.8. The smallest absolute Gasteiger partial charge is 0.252 e. The summed E-state index contributed by atoms with van der Waals surface area (Å²) < 4.78 is 0. The van der Waals surface area contributed by atoms with Crippen molar-refractivity contribution in [1.82, 2.24) is 10.2 Å². The van der Waals surface area contributed by atoms with E-state index in [4.69, 9.17) is 0 Å². The number of β-amino-alcohol motifs (C(OH)–C–C–N with tert-alkyl or cyclic N) is 1. The number of aliphatic hydroxyl groups excluding tert-OH is 1. The molecule has 0 radical (unpaired) electrons. The Morgan fingerprint density at radius 1 is 1.21 bits per heavy atom. The maximum Gasteiger partial charge on any atom is 0.252 e. The Morgan fingerprint density at radius 2 is 1.92 bits per heavy atom. The molecule has 24 heavy (non-hydrogen) atoms. The highest BCUT2D eigenvalue weighted by atomic mass is 16.3. The standard InChI is InChI=1S/C20H26N2O2/c1-15-9-11-22(12-10-15)14-17(23)13-21-20(24)19-8-4-6-16-5-2-3-7-18(16)19/h2-8,15,17,23H,9-14H2,1H3,(H,21,24). The molecule has 1 aliphatic rings. The summed E-state index contributed by atoms with van der Waals surface area (Å²) in [5, 5.41) is 15.1. The predicted molar refractivity (Wildman–Crippen MR) is 97.1 cm³/mol. The number of piperidine rings is 1. The van der Waals surface area contributed by atoms with Crippen LogP contribution in [0.5, 0.6) is 0 Å². The minimum Gasteiger partial charge on any atom is -0.390 e.